The number of aliphatic hydroxyl groups excluding tert-OH is 2. The summed E-state index contributed by atoms with van der Waals surface area (Å²) >= 11 is 4.47. The number of phosphoric ester groups is 1. The molecule has 4 aromatic rings. The summed E-state index contributed by atoms with van der Waals surface area (Å²) in [7, 11) is -5.07. The quantitative estimate of drug-likeness (QED) is 0.104. The third-order valence-electron chi connectivity index (χ3n) is 8.57. The van der Waals surface area contributed by atoms with Crippen LogP contribution in [0.1, 0.15) is 30.9 Å². The summed E-state index contributed by atoms with van der Waals surface area (Å²) < 4.78 is 59.8. The molecule has 3 aliphatic heterocycles. The third kappa shape index (κ3) is 7.01. The molecule has 0 aliphatic carbocycles. The van der Waals surface area contributed by atoms with Crippen LogP contribution in [0.25, 0.3) is 22.2 Å². The second kappa shape index (κ2) is 14.0. The predicted molar refractivity (Wildman–Crippen MR) is 172 cm³/mol. The second-order valence-electron chi connectivity index (χ2n) is 11.9. The Kier molecular flexibility index (Phi) is 9.93. The van der Waals surface area contributed by atoms with E-state index >= 15 is 4.39 Å². The van der Waals surface area contributed by atoms with E-state index in [9.17, 15) is 34.3 Å². The molecule has 272 valence electrons. The predicted octanol–water partition coefficient (Wildman–Crippen LogP) is 0.0001000. The van der Waals surface area contributed by atoms with Crippen LogP contribution in [0.5, 0.6) is 0 Å². The molecule has 0 bridgehead atoms. The number of hydrogen-bond acceptors (Lipinski definition) is 15. The zero-order valence-electron chi connectivity index (χ0n) is 25.9. The van der Waals surface area contributed by atoms with Gasteiger partial charge in [0.2, 0.25) is 0 Å². The maximum absolute atomic E-state index is 15.4. The average molecular weight is 763 g/mol. The molecule has 1 unspecified atom stereocenters. The van der Waals surface area contributed by atoms with Gasteiger partial charge in [0, 0.05) is 19.2 Å². The molecule has 0 spiro atoms. The summed E-state index contributed by atoms with van der Waals surface area (Å²) in [6.07, 6.45) is -3.08. The molecule has 50 heavy (non-hydrogen) atoms. The highest BCUT2D eigenvalue weighted by atomic mass is 32.5. The molecule has 7 rings (SSSR count). The van der Waals surface area contributed by atoms with Gasteiger partial charge in [-0.15, -0.1) is 0 Å². The highest BCUT2D eigenvalue weighted by molar-refractivity contribution is 8.06. The highest BCUT2D eigenvalue weighted by Gasteiger charge is 2.50. The Bertz CT molecular complexity index is 2040. The van der Waals surface area contributed by atoms with Crippen LogP contribution >= 0.6 is 14.5 Å². The largest absolute Gasteiger partial charge is 0.472 e. The summed E-state index contributed by atoms with van der Waals surface area (Å²) in [4.78, 5) is 59.6. The maximum atomic E-state index is 15.4. The monoisotopic (exact) mass is 762 g/mol. The molecule has 24 heteroatoms. The van der Waals surface area contributed by atoms with Crippen molar-refractivity contribution in [1.29, 1.82) is 0 Å². The molecule has 0 aromatic carbocycles. The number of aryl methyl sites for hydroxylation is 1. The zero-order chi connectivity index (χ0) is 35.4. The lowest BCUT2D eigenvalue weighted by molar-refractivity contribution is -0.0542. The fourth-order valence-corrected chi connectivity index (χ4v) is 7.82. The number of nitrogens with one attached hydrogen (secondary N) is 1. The number of fused-ring (bicyclic) bond motifs is 1. The van der Waals surface area contributed by atoms with E-state index in [2.05, 4.69) is 37.1 Å². The molecule has 20 nitrogen and oxygen atoms in total. The molecule has 7 heterocycles. The van der Waals surface area contributed by atoms with Gasteiger partial charge in [-0.2, -0.15) is 0 Å². The number of imidazole rings is 1. The fraction of sp³-hybridized carbons (Fsp3) is 0.577. The van der Waals surface area contributed by atoms with Gasteiger partial charge in [-0.1, -0.05) is 0 Å². The van der Waals surface area contributed by atoms with Crippen molar-refractivity contribution in [1.82, 2.24) is 33.6 Å². The fourth-order valence-electron chi connectivity index (χ4n) is 6.34. The molecular weight excluding hydrogens is 729 g/mol. The van der Waals surface area contributed by atoms with Crippen molar-refractivity contribution in [3.63, 3.8) is 0 Å². The number of aliphatic hydroxyl groups is 2. The van der Waals surface area contributed by atoms with Gasteiger partial charge in [0.25, 0.3) is 5.56 Å². The summed E-state index contributed by atoms with van der Waals surface area (Å²) in [5.41, 5.74) is 0.619. The number of nitrogens with zero attached hydrogens (tertiary/aromatic N) is 7. The van der Waals surface area contributed by atoms with Crippen molar-refractivity contribution >= 4 is 54.4 Å². The van der Waals surface area contributed by atoms with Crippen LogP contribution in [0.4, 0.5) is 10.2 Å². The maximum Gasteiger partial charge on any atom is 0.472 e. The van der Waals surface area contributed by atoms with Crippen LogP contribution in [0.3, 0.4) is 0 Å². The van der Waals surface area contributed by atoms with Crippen molar-refractivity contribution in [2.24, 2.45) is 0 Å². The van der Waals surface area contributed by atoms with Crippen LogP contribution in [-0.4, -0.2) is 115 Å². The molecule has 4 aromatic heterocycles. The highest BCUT2D eigenvalue weighted by Crippen LogP contribution is 2.51. The van der Waals surface area contributed by atoms with Gasteiger partial charge >= 0.3 is 14.5 Å². The number of halogens is 1. The zero-order valence-corrected chi connectivity index (χ0v) is 28.5. The Balaban J connectivity index is 1.08. The summed E-state index contributed by atoms with van der Waals surface area (Å²) in [6, 6.07) is 0. The Hall–Kier alpha value is -2.82. The minimum atomic E-state index is -5.07. The van der Waals surface area contributed by atoms with E-state index in [1.165, 1.54) is 10.9 Å². The first-order valence-corrected chi connectivity index (χ1v) is 19.6. The molecule has 2 fully saturated rings. The number of anilines is 1. The third-order valence-corrected chi connectivity index (χ3v) is 10.4. The normalized spacial score (nSPS) is 28.2. The summed E-state index contributed by atoms with van der Waals surface area (Å²) in [6.45, 7) is -5.08. The van der Waals surface area contributed by atoms with E-state index in [1.807, 2.05) is 0 Å². The Morgan fingerprint density at radius 2 is 1.88 bits per heavy atom. The van der Waals surface area contributed by atoms with Gasteiger partial charge in [-0.25, -0.2) is 28.9 Å². The van der Waals surface area contributed by atoms with E-state index in [-0.39, 0.29) is 30.7 Å². The van der Waals surface area contributed by atoms with E-state index in [0.29, 0.717) is 11.5 Å². The number of rotatable bonds is 12. The van der Waals surface area contributed by atoms with Crippen LogP contribution in [0.2, 0.25) is 0 Å². The van der Waals surface area contributed by atoms with E-state index < -0.39 is 76.4 Å². The molecular formula is C26H33FN8O12P2S. The number of hydrogen-bond donors (Lipinski definition) is 6. The van der Waals surface area contributed by atoms with Gasteiger partial charge in [0.05, 0.1) is 44.2 Å². The summed E-state index contributed by atoms with van der Waals surface area (Å²) in [5.74, 6) is 0.647. The van der Waals surface area contributed by atoms with Crippen LogP contribution < -0.4 is 10.9 Å². The lowest BCUT2D eigenvalue weighted by atomic mass is 10.1. The minimum Gasteiger partial charge on any atom is -0.395 e. The van der Waals surface area contributed by atoms with Gasteiger partial charge in [-0.3, -0.25) is 23.0 Å². The molecule has 6 N–H and O–H groups in total. The van der Waals surface area contributed by atoms with Crippen molar-refractivity contribution < 1.29 is 56.9 Å². The van der Waals surface area contributed by atoms with E-state index in [1.54, 1.807) is 10.8 Å². The Morgan fingerprint density at radius 1 is 1.06 bits per heavy atom. The minimum absolute atomic E-state index is 0.0534. The molecule has 3 aliphatic rings. The van der Waals surface area contributed by atoms with Crippen molar-refractivity contribution in [2.45, 2.75) is 68.9 Å². The summed E-state index contributed by atoms with van der Waals surface area (Å²) in [5, 5.41) is 24.4. The Labute approximate surface area is 286 Å². The first-order valence-electron chi connectivity index (χ1n) is 15.4. The second-order valence-corrected chi connectivity index (χ2v) is 16.0. The SMILES string of the molecule is O=c1c2ncn([C@@H]3O[C@H](COP(O)(O)=S)[C@@H](O)[C@H]3OP(=O)(O)OC[C@@H]3C[C@@H](F)[C@H](n4cc5c6c(ncnc64)NCCC5)O3)c2ncn1CCO. The number of phosphoric acid groups is 1. The van der Waals surface area contributed by atoms with E-state index in [4.69, 9.17) is 23.0 Å². The van der Waals surface area contributed by atoms with Crippen molar-refractivity contribution in [2.75, 3.05) is 31.7 Å². The molecule has 0 amide bonds. The first-order chi connectivity index (χ1) is 23.8. The molecule has 2 saturated heterocycles. The van der Waals surface area contributed by atoms with Gasteiger partial charge < -0.3 is 48.8 Å². The van der Waals surface area contributed by atoms with Crippen LogP contribution in [0.15, 0.2) is 30.0 Å². The molecule has 8 atom stereocenters. The standard InChI is InChI=1S/C26H33FN8O12P2S/c27-15-6-14(45-25(15)34-7-13-2-1-3-28-21-17(13)22(34)30-10-29-21)8-43-48(39,40)47-20-19(37)16(9-44-49(41,42)50)46-26(20)35-12-31-18-23(35)32-11-33(4-5-36)24(18)38/h7,10-12,14-16,19-20,25-26,36-37H,1-6,8-9H2,(H,39,40)(H,28,29,30)(H2,41,42,50)/t14-,15+,16+,19+,20+,25+,26+/m0/s1. The van der Waals surface area contributed by atoms with Crippen molar-refractivity contribution in [3.05, 3.63) is 41.1 Å². The first kappa shape index (κ1) is 35.6. The lowest BCUT2D eigenvalue weighted by Crippen LogP contribution is -2.35. The molecule has 0 radical (unpaired) electrons. The topological polar surface area (TPSA) is 260 Å². The van der Waals surface area contributed by atoms with Gasteiger partial charge in [0.1, 0.15) is 48.6 Å². The van der Waals surface area contributed by atoms with Gasteiger partial charge in [-0.05, 0) is 30.2 Å². The van der Waals surface area contributed by atoms with Crippen LogP contribution in [0, 0.1) is 0 Å². The molecule has 0 saturated carbocycles. The van der Waals surface area contributed by atoms with Crippen LogP contribution in [-0.2, 0) is 52.4 Å². The van der Waals surface area contributed by atoms with Crippen molar-refractivity contribution in [3.8, 4) is 0 Å². The van der Waals surface area contributed by atoms with Gasteiger partial charge in [0.15, 0.2) is 23.6 Å². The lowest BCUT2D eigenvalue weighted by Gasteiger charge is -2.24. The number of aromatic nitrogens is 7. The Morgan fingerprint density at radius 3 is 2.66 bits per heavy atom. The average Bonchev–Trinajstić information content (AvgIpc) is 3.79. The number of ether oxygens (including phenoxy) is 2. The number of alkyl halides is 1. The van der Waals surface area contributed by atoms with E-state index in [0.717, 1.165) is 47.6 Å². The smallest absolute Gasteiger partial charge is 0.395 e.